The molecule has 1 fully saturated rings. The van der Waals surface area contributed by atoms with E-state index in [0.29, 0.717) is 17.9 Å². The van der Waals surface area contributed by atoms with E-state index in [0.717, 1.165) is 28.1 Å². The van der Waals surface area contributed by atoms with E-state index < -0.39 is 0 Å². The highest BCUT2D eigenvalue weighted by Gasteiger charge is 2.27. The number of nitrogens with zero attached hydrogens (tertiary/aromatic N) is 3. The molecule has 0 aliphatic heterocycles. The average Bonchev–Trinajstić information content (AvgIpc) is 3.42. The van der Waals surface area contributed by atoms with Crippen molar-refractivity contribution < 1.29 is 0 Å². The number of benzene rings is 1. The summed E-state index contributed by atoms with van der Waals surface area (Å²) in [6.07, 6.45) is 11.3. The molecule has 1 N–H and O–H groups in total. The molecule has 5 heteroatoms. The molecule has 0 spiro atoms. The molecular weight excluding hydrogens is 400 g/mol. The van der Waals surface area contributed by atoms with Crippen LogP contribution in [-0.4, -0.2) is 20.6 Å². The van der Waals surface area contributed by atoms with Crippen molar-refractivity contribution in [2.75, 3.05) is 5.32 Å². The second-order valence-corrected chi connectivity index (χ2v) is 8.68. The SMILES string of the molecule is CC(CC1C=CC1)Nc1cc(-c2ccccc2C2CC2)nc2c(Br)cnn12. The normalized spacial score (nSPS) is 19.9. The van der Waals surface area contributed by atoms with Gasteiger partial charge in [-0.1, -0.05) is 36.4 Å². The first-order chi connectivity index (χ1) is 13.2. The molecule has 2 aliphatic rings. The zero-order valence-corrected chi connectivity index (χ0v) is 17.0. The minimum absolute atomic E-state index is 0.375. The maximum atomic E-state index is 4.93. The Hall–Kier alpha value is -2.14. The third kappa shape index (κ3) is 3.29. The van der Waals surface area contributed by atoms with Crippen LogP contribution in [0, 0.1) is 5.92 Å². The van der Waals surface area contributed by atoms with Crippen molar-refractivity contribution >= 4 is 27.4 Å². The maximum Gasteiger partial charge on any atom is 0.172 e. The van der Waals surface area contributed by atoms with Crippen LogP contribution in [0.15, 0.2) is 53.2 Å². The van der Waals surface area contributed by atoms with Gasteiger partial charge in [-0.2, -0.15) is 9.61 Å². The molecule has 2 aliphatic carbocycles. The average molecular weight is 423 g/mol. The summed E-state index contributed by atoms with van der Waals surface area (Å²) >= 11 is 3.61. The molecule has 5 rings (SSSR count). The summed E-state index contributed by atoms with van der Waals surface area (Å²) in [5.74, 6) is 2.39. The van der Waals surface area contributed by atoms with E-state index in [9.17, 15) is 0 Å². The van der Waals surface area contributed by atoms with Crippen LogP contribution in [0.4, 0.5) is 5.82 Å². The molecule has 1 aromatic carbocycles. The largest absolute Gasteiger partial charge is 0.367 e. The van der Waals surface area contributed by atoms with Gasteiger partial charge in [0.25, 0.3) is 0 Å². The van der Waals surface area contributed by atoms with Crippen LogP contribution < -0.4 is 5.32 Å². The highest BCUT2D eigenvalue weighted by molar-refractivity contribution is 9.10. The van der Waals surface area contributed by atoms with Crippen LogP contribution in [0.2, 0.25) is 0 Å². The number of hydrogen-bond donors (Lipinski definition) is 1. The molecule has 0 bridgehead atoms. The van der Waals surface area contributed by atoms with Crippen LogP contribution in [-0.2, 0) is 0 Å². The van der Waals surface area contributed by atoms with Gasteiger partial charge in [0.15, 0.2) is 5.65 Å². The smallest absolute Gasteiger partial charge is 0.172 e. The lowest BCUT2D eigenvalue weighted by Gasteiger charge is -2.23. The third-order valence-corrected chi connectivity index (χ3v) is 6.14. The van der Waals surface area contributed by atoms with Crippen molar-refractivity contribution in [2.24, 2.45) is 5.92 Å². The monoisotopic (exact) mass is 422 g/mol. The van der Waals surface area contributed by atoms with E-state index in [1.807, 2.05) is 10.7 Å². The Bertz CT molecular complexity index is 1020. The predicted octanol–water partition coefficient (Wildman–Crippen LogP) is 5.80. The molecule has 1 saturated carbocycles. The number of fused-ring (bicyclic) bond motifs is 1. The summed E-state index contributed by atoms with van der Waals surface area (Å²) in [6.45, 7) is 2.24. The lowest BCUT2D eigenvalue weighted by atomic mass is 9.89. The van der Waals surface area contributed by atoms with Crippen LogP contribution in [0.5, 0.6) is 0 Å². The van der Waals surface area contributed by atoms with Crippen molar-refractivity contribution in [3.8, 4) is 11.3 Å². The third-order valence-electron chi connectivity index (χ3n) is 5.58. The highest BCUT2D eigenvalue weighted by Crippen LogP contribution is 2.44. The lowest BCUT2D eigenvalue weighted by molar-refractivity contribution is 0.516. The fraction of sp³-hybridized carbons (Fsp3) is 0.364. The molecule has 27 heavy (non-hydrogen) atoms. The number of nitrogens with one attached hydrogen (secondary N) is 1. The minimum atomic E-state index is 0.375. The van der Waals surface area contributed by atoms with Crippen molar-refractivity contribution in [1.29, 1.82) is 0 Å². The fourth-order valence-corrected chi connectivity index (χ4v) is 4.27. The lowest BCUT2D eigenvalue weighted by Crippen LogP contribution is -2.22. The van der Waals surface area contributed by atoms with Gasteiger partial charge in [-0.25, -0.2) is 4.98 Å². The van der Waals surface area contributed by atoms with Gasteiger partial charge in [0.05, 0.1) is 16.4 Å². The zero-order valence-electron chi connectivity index (χ0n) is 15.4. The van der Waals surface area contributed by atoms with Crippen molar-refractivity contribution in [2.45, 2.75) is 44.6 Å². The Morgan fingerprint density at radius 1 is 1.30 bits per heavy atom. The Morgan fingerprint density at radius 2 is 2.11 bits per heavy atom. The van der Waals surface area contributed by atoms with E-state index in [1.54, 1.807) is 0 Å². The molecule has 2 aromatic heterocycles. The van der Waals surface area contributed by atoms with Gasteiger partial charge in [0.1, 0.15) is 5.82 Å². The Balaban J connectivity index is 1.55. The first-order valence-electron chi connectivity index (χ1n) is 9.76. The second kappa shape index (κ2) is 6.79. The van der Waals surface area contributed by atoms with Gasteiger partial charge in [-0.3, -0.25) is 0 Å². The maximum absolute atomic E-state index is 4.93. The molecule has 2 atom stereocenters. The van der Waals surface area contributed by atoms with Gasteiger partial charge in [-0.15, -0.1) is 0 Å². The molecule has 2 unspecified atom stereocenters. The summed E-state index contributed by atoms with van der Waals surface area (Å²) in [5, 5.41) is 8.20. The molecule has 2 heterocycles. The van der Waals surface area contributed by atoms with Gasteiger partial charge in [-0.05, 0) is 65.9 Å². The molecule has 4 nitrogen and oxygen atoms in total. The Labute approximate surface area is 167 Å². The van der Waals surface area contributed by atoms with Crippen LogP contribution >= 0.6 is 15.9 Å². The zero-order chi connectivity index (χ0) is 18.4. The summed E-state index contributed by atoms with van der Waals surface area (Å²) < 4.78 is 2.83. The number of hydrogen-bond acceptors (Lipinski definition) is 3. The summed E-state index contributed by atoms with van der Waals surface area (Å²) in [7, 11) is 0. The number of aromatic nitrogens is 3. The second-order valence-electron chi connectivity index (χ2n) is 7.82. The number of rotatable bonds is 6. The standard InChI is InChI=1S/C22H23BrN4/c1-14(11-15-5-4-6-15)25-21-12-20(26-22-19(23)13-24-27(21)22)18-8-3-2-7-17(18)16-9-10-16/h2-5,7-8,12-16,25H,6,9-11H2,1H3. The topological polar surface area (TPSA) is 42.2 Å². The Kier molecular flexibility index (Phi) is 4.27. The van der Waals surface area contributed by atoms with Gasteiger partial charge < -0.3 is 5.32 Å². The van der Waals surface area contributed by atoms with Crippen molar-refractivity contribution in [1.82, 2.24) is 14.6 Å². The fourth-order valence-electron chi connectivity index (χ4n) is 3.93. The van der Waals surface area contributed by atoms with Gasteiger partial charge in [0, 0.05) is 17.7 Å². The summed E-state index contributed by atoms with van der Waals surface area (Å²) in [6, 6.07) is 11.2. The van der Waals surface area contributed by atoms with E-state index in [-0.39, 0.29) is 0 Å². The number of halogens is 1. The molecule has 0 radical (unpaired) electrons. The van der Waals surface area contributed by atoms with Crippen LogP contribution in [0.25, 0.3) is 16.9 Å². The van der Waals surface area contributed by atoms with Crippen LogP contribution in [0.3, 0.4) is 0 Å². The molecule has 3 aromatic rings. The quantitative estimate of drug-likeness (QED) is 0.510. The van der Waals surface area contributed by atoms with Crippen molar-refractivity contribution in [3.63, 3.8) is 0 Å². The molecule has 0 saturated heterocycles. The molecule has 0 amide bonds. The van der Waals surface area contributed by atoms with Gasteiger partial charge in [0.2, 0.25) is 0 Å². The predicted molar refractivity (Wildman–Crippen MR) is 113 cm³/mol. The van der Waals surface area contributed by atoms with Crippen LogP contribution in [0.1, 0.15) is 44.1 Å². The number of allylic oxidation sites excluding steroid dienone is 2. The Morgan fingerprint density at radius 3 is 2.85 bits per heavy atom. The highest BCUT2D eigenvalue weighted by atomic mass is 79.9. The molecule has 138 valence electrons. The van der Waals surface area contributed by atoms with E-state index in [1.165, 1.54) is 30.4 Å². The first kappa shape index (κ1) is 17.0. The first-order valence-corrected chi connectivity index (χ1v) is 10.5. The summed E-state index contributed by atoms with van der Waals surface area (Å²) in [4.78, 5) is 4.93. The number of anilines is 1. The minimum Gasteiger partial charge on any atom is -0.367 e. The van der Waals surface area contributed by atoms with Gasteiger partial charge >= 0.3 is 0 Å². The van der Waals surface area contributed by atoms with E-state index in [2.05, 4.69) is 75.8 Å². The van der Waals surface area contributed by atoms with Crippen molar-refractivity contribution in [3.05, 3.63) is 58.7 Å². The molecular formula is C22H23BrN4. The van der Waals surface area contributed by atoms with E-state index >= 15 is 0 Å². The van der Waals surface area contributed by atoms with E-state index in [4.69, 9.17) is 4.98 Å². The summed E-state index contributed by atoms with van der Waals surface area (Å²) in [5.41, 5.74) is 4.54.